The van der Waals surface area contributed by atoms with Gasteiger partial charge < -0.3 is 10.2 Å². The smallest absolute Gasteiger partial charge is 0.228 e. The quantitative estimate of drug-likeness (QED) is 0.652. The molecule has 3 nitrogen and oxygen atoms in total. The highest BCUT2D eigenvalue weighted by atomic mass is 16.2. The molecule has 0 aromatic heterocycles. The van der Waals surface area contributed by atoms with Crippen LogP contribution in [0.2, 0.25) is 0 Å². The Hall–Kier alpha value is -1.61. The molecule has 2 rings (SSSR count). The Labute approximate surface area is 108 Å². The zero-order valence-electron chi connectivity index (χ0n) is 11.0. The van der Waals surface area contributed by atoms with Gasteiger partial charge in [0.15, 0.2) is 0 Å². The van der Waals surface area contributed by atoms with Crippen molar-refractivity contribution in [3.8, 4) is 0 Å². The molecule has 0 bridgehead atoms. The van der Waals surface area contributed by atoms with Crippen LogP contribution in [-0.4, -0.2) is 19.5 Å². The van der Waals surface area contributed by atoms with Crippen molar-refractivity contribution in [1.29, 1.82) is 0 Å². The van der Waals surface area contributed by atoms with E-state index in [9.17, 15) is 4.79 Å². The molecule has 1 unspecified atom stereocenters. The number of fused-ring (bicyclic) bond motifs is 1. The van der Waals surface area contributed by atoms with Gasteiger partial charge in [0.05, 0.1) is 0 Å². The van der Waals surface area contributed by atoms with E-state index in [0.717, 1.165) is 18.7 Å². The summed E-state index contributed by atoms with van der Waals surface area (Å²) in [7, 11) is 1.84. The molecule has 96 valence electrons. The molecule has 1 aromatic rings. The zero-order chi connectivity index (χ0) is 13.0. The van der Waals surface area contributed by atoms with E-state index >= 15 is 0 Å². The van der Waals surface area contributed by atoms with Crippen LogP contribution in [0.25, 0.3) is 0 Å². The Kier molecular flexibility index (Phi) is 4.15. The van der Waals surface area contributed by atoms with Crippen LogP contribution in [0.15, 0.2) is 36.4 Å². The Morgan fingerprint density at radius 2 is 2.22 bits per heavy atom. The van der Waals surface area contributed by atoms with Gasteiger partial charge in [-0.15, -0.1) is 0 Å². The minimum Gasteiger partial charge on any atom is -0.315 e. The first-order valence-corrected chi connectivity index (χ1v) is 6.44. The molecule has 0 saturated carbocycles. The normalized spacial score (nSPS) is 19.3. The summed E-state index contributed by atoms with van der Waals surface area (Å²) < 4.78 is 0. The van der Waals surface area contributed by atoms with Crippen LogP contribution in [0.4, 0.5) is 5.69 Å². The van der Waals surface area contributed by atoms with Gasteiger partial charge in [-0.05, 0) is 31.5 Å². The lowest BCUT2D eigenvalue weighted by Gasteiger charge is -2.32. The summed E-state index contributed by atoms with van der Waals surface area (Å²) in [5.41, 5.74) is 2.25. The first-order valence-electron chi connectivity index (χ1n) is 6.44. The van der Waals surface area contributed by atoms with Crippen LogP contribution in [0, 0.1) is 0 Å². The minimum absolute atomic E-state index is 0.148. The number of nitrogens with zero attached hydrogens (tertiary/aromatic N) is 1. The van der Waals surface area contributed by atoms with Crippen molar-refractivity contribution < 1.29 is 4.79 Å². The molecule has 0 aliphatic carbocycles. The van der Waals surface area contributed by atoms with E-state index in [1.165, 1.54) is 5.56 Å². The molecule has 1 heterocycles. The number of benzene rings is 1. The number of amides is 1. The van der Waals surface area contributed by atoms with Crippen LogP contribution >= 0.6 is 0 Å². The number of carbonyl (C=O) groups is 1. The number of carbonyl (C=O) groups excluding carboxylic acids is 1. The molecule has 1 aliphatic rings. The fraction of sp³-hybridized carbons (Fsp3) is 0.400. The molecule has 1 amide bonds. The summed E-state index contributed by atoms with van der Waals surface area (Å²) in [6, 6.07) is 8.27. The molecule has 1 aliphatic heterocycles. The van der Waals surface area contributed by atoms with Gasteiger partial charge in [0.1, 0.15) is 0 Å². The molecule has 3 heteroatoms. The molecule has 1 aromatic carbocycles. The van der Waals surface area contributed by atoms with Crippen molar-refractivity contribution in [2.75, 3.05) is 18.5 Å². The van der Waals surface area contributed by atoms with Crippen molar-refractivity contribution in [3.05, 3.63) is 42.0 Å². The largest absolute Gasteiger partial charge is 0.315 e. The van der Waals surface area contributed by atoms with Gasteiger partial charge in [0.25, 0.3) is 0 Å². The molecule has 0 spiro atoms. The molecule has 1 N–H and O–H groups in total. The number of nitrogens with one attached hydrogen (secondary N) is 1. The van der Waals surface area contributed by atoms with Crippen LogP contribution in [0.5, 0.6) is 0 Å². The average Bonchev–Trinajstić information content (AvgIpc) is 2.40. The monoisotopic (exact) mass is 244 g/mol. The third-order valence-corrected chi connectivity index (χ3v) is 3.36. The molecule has 18 heavy (non-hydrogen) atoms. The van der Waals surface area contributed by atoms with E-state index in [-0.39, 0.29) is 11.9 Å². The lowest BCUT2D eigenvalue weighted by Crippen LogP contribution is -2.38. The molecular formula is C15H20N2O. The number of hydrogen-bond acceptors (Lipinski definition) is 2. The molecule has 0 radical (unpaired) electrons. The number of hydrogen-bond donors (Lipinski definition) is 1. The SMILES string of the molecule is C/C=C/CCNC1CC(=O)N(C)c2ccccc21. The fourth-order valence-electron chi connectivity index (χ4n) is 2.33. The number of rotatable bonds is 4. The summed E-state index contributed by atoms with van der Waals surface area (Å²) in [4.78, 5) is 13.7. The zero-order valence-corrected chi connectivity index (χ0v) is 11.0. The predicted octanol–water partition coefficient (Wildman–Crippen LogP) is 2.65. The second-order valence-electron chi connectivity index (χ2n) is 4.58. The van der Waals surface area contributed by atoms with Gasteiger partial charge in [-0.25, -0.2) is 0 Å². The average molecular weight is 244 g/mol. The summed E-state index contributed by atoms with van der Waals surface area (Å²) in [6.07, 6.45) is 5.73. The Balaban J connectivity index is 2.12. The predicted molar refractivity (Wildman–Crippen MR) is 74.6 cm³/mol. The highest BCUT2D eigenvalue weighted by Crippen LogP contribution is 2.33. The topological polar surface area (TPSA) is 32.3 Å². The second kappa shape index (κ2) is 5.83. The van der Waals surface area contributed by atoms with Crippen molar-refractivity contribution >= 4 is 11.6 Å². The highest BCUT2D eigenvalue weighted by molar-refractivity contribution is 5.96. The van der Waals surface area contributed by atoms with E-state index in [1.54, 1.807) is 4.90 Å². The minimum atomic E-state index is 0.148. The third kappa shape index (κ3) is 2.62. The van der Waals surface area contributed by atoms with Crippen LogP contribution in [0.3, 0.4) is 0 Å². The fourth-order valence-corrected chi connectivity index (χ4v) is 2.33. The van der Waals surface area contributed by atoms with Gasteiger partial charge >= 0.3 is 0 Å². The standard InChI is InChI=1S/C15H20N2O/c1-3-4-7-10-16-13-11-15(18)17(2)14-9-6-5-8-12(13)14/h3-6,8-9,13,16H,7,10-11H2,1-2H3/b4-3+. The Morgan fingerprint density at radius 3 is 3.00 bits per heavy atom. The maximum absolute atomic E-state index is 11.9. The van der Waals surface area contributed by atoms with E-state index < -0.39 is 0 Å². The Morgan fingerprint density at radius 1 is 1.44 bits per heavy atom. The van der Waals surface area contributed by atoms with Crippen molar-refractivity contribution in [3.63, 3.8) is 0 Å². The summed E-state index contributed by atoms with van der Waals surface area (Å²) in [5.74, 6) is 0.178. The van der Waals surface area contributed by atoms with Crippen molar-refractivity contribution in [2.45, 2.75) is 25.8 Å². The molecule has 0 fully saturated rings. The number of allylic oxidation sites excluding steroid dienone is 1. The second-order valence-corrected chi connectivity index (χ2v) is 4.58. The lowest BCUT2D eigenvalue weighted by molar-refractivity contribution is -0.119. The molecule has 1 atom stereocenters. The van der Waals surface area contributed by atoms with Crippen LogP contribution in [0.1, 0.15) is 31.4 Å². The maximum atomic E-state index is 11.9. The van der Waals surface area contributed by atoms with Gasteiger partial charge in [0.2, 0.25) is 5.91 Å². The van der Waals surface area contributed by atoms with E-state index in [4.69, 9.17) is 0 Å². The van der Waals surface area contributed by atoms with Crippen LogP contribution in [-0.2, 0) is 4.79 Å². The van der Waals surface area contributed by atoms with Gasteiger partial charge in [-0.3, -0.25) is 4.79 Å². The maximum Gasteiger partial charge on any atom is 0.228 e. The van der Waals surface area contributed by atoms with E-state index in [0.29, 0.717) is 6.42 Å². The third-order valence-electron chi connectivity index (χ3n) is 3.36. The number of anilines is 1. The molecular weight excluding hydrogens is 224 g/mol. The van der Waals surface area contributed by atoms with Crippen molar-refractivity contribution in [1.82, 2.24) is 5.32 Å². The van der Waals surface area contributed by atoms with E-state index in [2.05, 4.69) is 23.5 Å². The number of para-hydroxylation sites is 1. The highest BCUT2D eigenvalue weighted by Gasteiger charge is 2.27. The van der Waals surface area contributed by atoms with Gasteiger partial charge in [-0.2, -0.15) is 0 Å². The summed E-state index contributed by atoms with van der Waals surface area (Å²) in [5, 5.41) is 3.46. The van der Waals surface area contributed by atoms with E-state index in [1.807, 2.05) is 32.2 Å². The first-order chi connectivity index (χ1) is 8.74. The lowest BCUT2D eigenvalue weighted by atomic mass is 9.96. The van der Waals surface area contributed by atoms with Gasteiger partial charge in [-0.1, -0.05) is 30.4 Å². The van der Waals surface area contributed by atoms with Gasteiger partial charge in [0, 0.05) is 25.2 Å². The summed E-state index contributed by atoms with van der Waals surface area (Å²) >= 11 is 0. The summed E-state index contributed by atoms with van der Waals surface area (Å²) in [6.45, 7) is 2.93. The van der Waals surface area contributed by atoms with Crippen molar-refractivity contribution in [2.24, 2.45) is 0 Å². The molecule has 0 saturated heterocycles. The van der Waals surface area contributed by atoms with Crippen LogP contribution < -0.4 is 10.2 Å². The Bertz CT molecular complexity index is 454. The first kappa shape index (κ1) is 12.8.